The van der Waals surface area contributed by atoms with Crippen molar-refractivity contribution >= 4 is 58.0 Å². The molecule has 0 heterocycles. The van der Waals surface area contributed by atoms with Crippen LogP contribution in [0.3, 0.4) is 0 Å². The minimum atomic E-state index is -4.26. The fourth-order valence-corrected chi connectivity index (χ4v) is 5.17. The van der Waals surface area contributed by atoms with E-state index in [9.17, 15) is 28.6 Å². The molecule has 0 bridgehead atoms. The number of anilines is 2. The van der Waals surface area contributed by atoms with E-state index in [0.29, 0.717) is 0 Å². The summed E-state index contributed by atoms with van der Waals surface area (Å²) in [5.41, 5.74) is -0.365. The lowest BCUT2D eigenvalue weighted by molar-refractivity contribution is -0.385. The van der Waals surface area contributed by atoms with Gasteiger partial charge in [-0.1, -0.05) is 12.1 Å². The number of non-ortho nitro benzene ring substituents is 2. The predicted molar refractivity (Wildman–Crippen MR) is 116 cm³/mol. The van der Waals surface area contributed by atoms with Gasteiger partial charge in [-0.15, -0.1) is 25.3 Å². The molecule has 0 amide bonds. The van der Waals surface area contributed by atoms with E-state index >= 15 is 0 Å². The molecule has 0 unspecified atom stereocenters. The topological polar surface area (TPSA) is 124 Å². The number of nitrogens with zero attached hydrogens (tertiary/aromatic N) is 3. The quantitative estimate of drug-likeness (QED) is 0.313. The van der Waals surface area contributed by atoms with Crippen LogP contribution in [0.25, 0.3) is 0 Å². The SMILES string of the molecule is O=[N+]([O-])c1ccc(N(c2ccc([N+](=O)[O-])cc2S)S(=O)(=O)c2ccccc2S)cc1. The summed E-state index contributed by atoms with van der Waals surface area (Å²) in [5.74, 6) is 0. The average Bonchev–Trinajstić information content (AvgIpc) is 2.69. The monoisotopic (exact) mass is 463 g/mol. The molecule has 12 heteroatoms. The van der Waals surface area contributed by atoms with E-state index in [4.69, 9.17) is 0 Å². The minimum Gasteiger partial charge on any atom is -0.258 e. The van der Waals surface area contributed by atoms with Gasteiger partial charge >= 0.3 is 0 Å². The highest BCUT2D eigenvalue weighted by molar-refractivity contribution is 7.94. The van der Waals surface area contributed by atoms with Crippen molar-refractivity contribution in [3.05, 3.63) is 87.0 Å². The standard InChI is InChI=1S/C18H13N3O6S3/c22-20(23)13-7-5-12(6-8-13)19(15-10-9-14(21(24)25)11-17(15)29)30(26,27)18-4-2-1-3-16(18)28/h1-11,28-29H. The molecule has 3 aromatic rings. The molecular formula is C18H13N3O6S3. The molecule has 30 heavy (non-hydrogen) atoms. The van der Waals surface area contributed by atoms with Gasteiger partial charge in [0.1, 0.15) is 4.90 Å². The van der Waals surface area contributed by atoms with Crippen molar-refractivity contribution in [1.29, 1.82) is 0 Å². The molecule has 0 fully saturated rings. The Morgan fingerprint density at radius 1 is 0.767 bits per heavy atom. The molecule has 0 N–H and O–H groups in total. The zero-order valence-electron chi connectivity index (χ0n) is 14.9. The Bertz CT molecular complexity index is 1250. The van der Waals surface area contributed by atoms with Gasteiger partial charge in [-0.2, -0.15) is 0 Å². The number of sulfonamides is 1. The molecule has 154 valence electrons. The molecule has 0 aliphatic carbocycles. The smallest absolute Gasteiger partial charge is 0.258 e. The van der Waals surface area contributed by atoms with Crippen molar-refractivity contribution < 1.29 is 18.3 Å². The van der Waals surface area contributed by atoms with Crippen LogP contribution < -0.4 is 4.31 Å². The molecule has 0 aromatic heterocycles. The largest absolute Gasteiger partial charge is 0.270 e. The first-order chi connectivity index (χ1) is 14.1. The summed E-state index contributed by atoms with van der Waals surface area (Å²) in [4.78, 5) is 20.9. The lowest BCUT2D eigenvalue weighted by atomic mass is 10.2. The van der Waals surface area contributed by atoms with Gasteiger partial charge in [-0.25, -0.2) is 12.7 Å². The lowest BCUT2D eigenvalue weighted by Crippen LogP contribution is -2.27. The fourth-order valence-electron chi connectivity index (χ4n) is 2.69. The van der Waals surface area contributed by atoms with Crippen molar-refractivity contribution in [2.75, 3.05) is 4.31 Å². The Labute approximate surface area is 182 Å². The third kappa shape index (κ3) is 4.10. The summed E-state index contributed by atoms with van der Waals surface area (Å²) in [7, 11) is -4.26. The third-order valence-electron chi connectivity index (χ3n) is 4.07. The van der Waals surface area contributed by atoms with Crippen molar-refractivity contribution in [3.8, 4) is 0 Å². The van der Waals surface area contributed by atoms with Gasteiger partial charge in [-0.3, -0.25) is 20.2 Å². The first-order valence-electron chi connectivity index (χ1n) is 8.18. The highest BCUT2D eigenvalue weighted by Crippen LogP contribution is 2.39. The van der Waals surface area contributed by atoms with E-state index in [2.05, 4.69) is 25.3 Å². The number of thiol groups is 2. The van der Waals surface area contributed by atoms with Gasteiger partial charge in [0.25, 0.3) is 21.4 Å². The molecule has 0 radical (unpaired) electrons. The average molecular weight is 464 g/mol. The van der Waals surface area contributed by atoms with Gasteiger partial charge < -0.3 is 0 Å². The maximum atomic E-state index is 13.5. The van der Waals surface area contributed by atoms with Gasteiger partial charge in [0.05, 0.1) is 21.2 Å². The first kappa shape index (κ1) is 21.6. The Morgan fingerprint density at radius 2 is 1.33 bits per heavy atom. The van der Waals surface area contributed by atoms with Crippen molar-refractivity contribution in [3.63, 3.8) is 0 Å². The van der Waals surface area contributed by atoms with E-state index in [0.717, 1.165) is 28.6 Å². The molecule has 0 aliphatic rings. The van der Waals surface area contributed by atoms with Crippen LogP contribution in [0.2, 0.25) is 0 Å². The van der Waals surface area contributed by atoms with Crippen LogP contribution in [0.15, 0.2) is 81.4 Å². The highest BCUT2D eigenvalue weighted by atomic mass is 32.2. The molecule has 0 saturated heterocycles. The second-order valence-corrected chi connectivity index (χ2v) is 8.66. The number of rotatable bonds is 6. The summed E-state index contributed by atoms with van der Waals surface area (Å²) >= 11 is 8.46. The molecule has 9 nitrogen and oxygen atoms in total. The van der Waals surface area contributed by atoms with Crippen LogP contribution in [-0.4, -0.2) is 18.3 Å². The zero-order chi connectivity index (χ0) is 22.1. The number of hydrogen-bond acceptors (Lipinski definition) is 8. The molecule has 0 atom stereocenters. The maximum absolute atomic E-state index is 13.5. The van der Waals surface area contributed by atoms with E-state index < -0.39 is 19.9 Å². The van der Waals surface area contributed by atoms with Crippen molar-refractivity contribution in [2.24, 2.45) is 0 Å². The summed E-state index contributed by atoms with van der Waals surface area (Å²) in [6, 6.07) is 14.4. The molecule has 0 saturated carbocycles. The van der Waals surface area contributed by atoms with Crippen LogP contribution in [0.4, 0.5) is 22.7 Å². The summed E-state index contributed by atoms with van der Waals surface area (Å²) < 4.78 is 28.0. The third-order valence-corrected chi connectivity index (χ3v) is 6.77. The van der Waals surface area contributed by atoms with Crippen LogP contribution in [0.5, 0.6) is 0 Å². The maximum Gasteiger partial charge on any atom is 0.270 e. The molecule has 0 aliphatic heterocycles. The molecule has 0 spiro atoms. The Kier molecular flexibility index (Phi) is 6.01. The Hall–Kier alpha value is -3.09. The summed E-state index contributed by atoms with van der Waals surface area (Å²) in [5, 5.41) is 22.0. The summed E-state index contributed by atoms with van der Waals surface area (Å²) in [6.45, 7) is 0. The van der Waals surface area contributed by atoms with Crippen LogP contribution >= 0.6 is 25.3 Å². The van der Waals surface area contributed by atoms with Gasteiger partial charge in [0.15, 0.2) is 0 Å². The lowest BCUT2D eigenvalue weighted by Gasteiger charge is -2.26. The Morgan fingerprint density at radius 3 is 1.87 bits per heavy atom. The van der Waals surface area contributed by atoms with Crippen molar-refractivity contribution in [2.45, 2.75) is 14.7 Å². The van der Waals surface area contributed by atoms with E-state index in [-0.39, 0.29) is 37.4 Å². The zero-order valence-corrected chi connectivity index (χ0v) is 17.6. The van der Waals surface area contributed by atoms with E-state index in [1.807, 2.05) is 0 Å². The Balaban J connectivity index is 2.26. The van der Waals surface area contributed by atoms with E-state index in [1.54, 1.807) is 6.07 Å². The second-order valence-electron chi connectivity index (χ2n) is 5.94. The molecular weight excluding hydrogens is 450 g/mol. The van der Waals surface area contributed by atoms with Crippen LogP contribution in [0.1, 0.15) is 0 Å². The van der Waals surface area contributed by atoms with E-state index in [1.165, 1.54) is 36.4 Å². The number of nitro groups is 2. The normalized spacial score (nSPS) is 11.1. The predicted octanol–water partition coefficient (Wildman–Crippen LogP) is 4.61. The highest BCUT2D eigenvalue weighted by Gasteiger charge is 2.30. The molecule has 3 aromatic carbocycles. The second kappa shape index (κ2) is 8.34. The number of nitro benzene ring substituents is 2. The minimum absolute atomic E-state index is 0.0303. The first-order valence-corrected chi connectivity index (χ1v) is 10.5. The summed E-state index contributed by atoms with van der Waals surface area (Å²) in [6.07, 6.45) is 0. The van der Waals surface area contributed by atoms with Crippen LogP contribution in [0, 0.1) is 20.2 Å². The fraction of sp³-hybridized carbons (Fsp3) is 0. The number of hydrogen-bond donors (Lipinski definition) is 2. The van der Waals surface area contributed by atoms with Crippen molar-refractivity contribution in [1.82, 2.24) is 0 Å². The van der Waals surface area contributed by atoms with Gasteiger partial charge in [0, 0.05) is 34.1 Å². The number of benzene rings is 3. The van der Waals surface area contributed by atoms with Crippen LogP contribution in [-0.2, 0) is 10.0 Å². The molecule has 3 rings (SSSR count). The van der Waals surface area contributed by atoms with Gasteiger partial charge in [-0.05, 0) is 30.3 Å². The van der Waals surface area contributed by atoms with Gasteiger partial charge in [0.2, 0.25) is 0 Å².